The number of benzene rings is 2. The summed E-state index contributed by atoms with van der Waals surface area (Å²) in [6, 6.07) is 13.0. The Morgan fingerprint density at radius 2 is 2.00 bits per heavy atom. The average molecular weight is 369 g/mol. The first-order chi connectivity index (χ1) is 12.7. The summed E-state index contributed by atoms with van der Waals surface area (Å²) < 4.78 is 5.68. The second-order valence-corrected chi connectivity index (χ2v) is 7.36. The molecule has 0 bridgehead atoms. The first-order valence-electron chi connectivity index (χ1n) is 9.28. The van der Waals surface area contributed by atoms with E-state index in [1.54, 1.807) is 18.9 Å². The molecule has 3 N–H and O–H groups in total. The third-order valence-electron chi connectivity index (χ3n) is 4.97. The van der Waals surface area contributed by atoms with Crippen molar-refractivity contribution in [3.05, 3.63) is 47.5 Å². The van der Waals surface area contributed by atoms with Crippen LogP contribution < -0.4 is 10.5 Å². The number of aryl methyl sites for hydroxylation is 2. The van der Waals surface area contributed by atoms with Crippen molar-refractivity contribution in [1.82, 2.24) is 4.98 Å². The van der Waals surface area contributed by atoms with Crippen molar-refractivity contribution in [3.8, 4) is 17.0 Å². The predicted molar refractivity (Wildman–Crippen MR) is 113 cm³/mol. The number of rotatable bonds is 8. The van der Waals surface area contributed by atoms with Gasteiger partial charge in [0.1, 0.15) is 5.75 Å². The molecule has 138 valence electrons. The van der Waals surface area contributed by atoms with E-state index in [1.807, 2.05) is 0 Å². The molecule has 3 aromatic rings. The molecule has 2 aromatic carbocycles. The molecule has 0 spiro atoms. The summed E-state index contributed by atoms with van der Waals surface area (Å²) in [5, 5.41) is 1.33. The minimum atomic E-state index is 0.739. The number of nitrogens with one attached hydrogen (secondary N) is 1. The summed E-state index contributed by atoms with van der Waals surface area (Å²) in [4.78, 5) is 4.97. The highest BCUT2D eigenvalue weighted by Gasteiger charge is 2.18. The minimum Gasteiger partial charge on any atom is -0.496 e. The second-order valence-electron chi connectivity index (χ2n) is 6.48. The Bertz CT molecular complexity index is 885. The van der Waals surface area contributed by atoms with Crippen LogP contribution in [-0.2, 0) is 12.8 Å². The quantitative estimate of drug-likeness (QED) is 0.413. The molecule has 1 heterocycles. The van der Waals surface area contributed by atoms with Crippen molar-refractivity contribution >= 4 is 22.7 Å². The number of fused-ring (bicyclic) bond motifs is 1. The molecule has 3 rings (SSSR count). The number of ether oxygens (including phenoxy) is 1. The number of thioether (sulfide) groups is 1. The fourth-order valence-electron chi connectivity index (χ4n) is 3.57. The van der Waals surface area contributed by atoms with Crippen LogP contribution in [0.4, 0.5) is 0 Å². The van der Waals surface area contributed by atoms with Gasteiger partial charge >= 0.3 is 0 Å². The summed E-state index contributed by atoms with van der Waals surface area (Å²) in [5.41, 5.74) is 12.0. The van der Waals surface area contributed by atoms with E-state index in [-0.39, 0.29) is 0 Å². The fraction of sp³-hybridized carbons (Fsp3) is 0.364. The Hall–Kier alpha value is -1.91. The van der Waals surface area contributed by atoms with Gasteiger partial charge in [-0.2, -0.15) is 0 Å². The van der Waals surface area contributed by atoms with Gasteiger partial charge < -0.3 is 15.5 Å². The lowest BCUT2D eigenvalue weighted by Gasteiger charge is -2.11. The molecule has 0 saturated heterocycles. The first kappa shape index (κ1) is 18.9. The van der Waals surface area contributed by atoms with E-state index in [0.717, 1.165) is 43.5 Å². The molecular weight excluding hydrogens is 340 g/mol. The molecule has 0 fully saturated rings. The smallest absolute Gasteiger partial charge is 0.128 e. The molecule has 0 unspecified atom stereocenters. The lowest BCUT2D eigenvalue weighted by molar-refractivity contribution is 0.416. The number of methoxy groups -OCH3 is 1. The van der Waals surface area contributed by atoms with Crippen LogP contribution in [-0.4, -0.2) is 24.9 Å². The van der Waals surface area contributed by atoms with Crippen LogP contribution >= 0.6 is 11.8 Å². The Balaban J connectivity index is 2.22. The molecule has 0 amide bonds. The van der Waals surface area contributed by atoms with Gasteiger partial charge in [-0.3, -0.25) is 0 Å². The van der Waals surface area contributed by atoms with Crippen LogP contribution in [0.1, 0.15) is 30.9 Å². The van der Waals surface area contributed by atoms with Gasteiger partial charge in [-0.15, -0.1) is 11.8 Å². The van der Waals surface area contributed by atoms with Crippen molar-refractivity contribution in [2.75, 3.05) is 19.9 Å². The van der Waals surface area contributed by atoms with E-state index in [0.29, 0.717) is 0 Å². The van der Waals surface area contributed by atoms with Gasteiger partial charge in [0.25, 0.3) is 0 Å². The molecule has 0 radical (unpaired) electrons. The van der Waals surface area contributed by atoms with Crippen LogP contribution in [0, 0.1) is 0 Å². The molecular formula is C22H28N2OS. The highest BCUT2D eigenvalue weighted by atomic mass is 32.2. The topological polar surface area (TPSA) is 51.0 Å². The molecule has 1 aromatic heterocycles. The Morgan fingerprint density at radius 3 is 2.69 bits per heavy atom. The van der Waals surface area contributed by atoms with Gasteiger partial charge in [-0.25, -0.2) is 0 Å². The number of aromatic amines is 1. The van der Waals surface area contributed by atoms with Gasteiger partial charge in [0.15, 0.2) is 0 Å². The lowest BCUT2D eigenvalue weighted by Crippen LogP contribution is -1.99. The van der Waals surface area contributed by atoms with Gasteiger partial charge in [-0.05, 0) is 67.8 Å². The zero-order chi connectivity index (χ0) is 18.5. The Kier molecular flexibility index (Phi) is 6.28. The molecule has 0 atom stereocenters. The number of aromatic nitrogens is 1. The molecule has 26 heavy (non-hydrogen) atoms. The molecule has 0 saturated carbocycles. The summed E-state index contributed by atoms with van der Waals surface area (Å²) >= 11 is 1.75. The number of H-pyrrole nitrogens is 1. The Morgan fingerprint density at radius 1 is 1.15 bits per heavy atom. The SMILES string of the molecule is CCc1cccc2c(CCCCN)c(-c3cc(SC)ccc3OC)[nH]c12. The van der Waals surface area contributed by atoms with Crippen molar-refractivity contribution in [3.63, 3.8) is 0 Å². The standard InChI is InChI=1S/C22H28N2OS/c1-4-15-8-7-10-17-18(9-5-6-13-23)22(24-21(15)17)19-14-16(26-3)11-12-20(19)25-2/h7-8,10-12,14,24H,4-6,9,13,23H2,1-3H3. The maximum absolute atomic E-state index is 5.73. The van der Waals surface area contributed by atoms with Crippen molar-refractivity contribution in [2.45, 2.75) is 37.5 Å². The van der Waals surface area contributed by atoms with Crippen LogP contribution in [0.15, 0.2) is 41.3 Å². The van der Waals surface area contributed by atoms with Gasteiger partial charge in [0.2, 0.25) is 0 Å². The second kappa shape index (κ2) is 8.65. The van der Waals surface area contributed by atoms with Gasteiger partial charge in [-0.1, -0.05) is 25.1 Å². The highest BCUT2D eigenvalue weighted by molar-refractivity contribution is 7.98. The number of unbranched alkanes of at least 4 members (excludes halogenated alkanes) is 1. The van der Waals surface area contributed by atoms with Crippen LogP contribution in [0.2, 0.25) is 0 Å². The number of hydrogen-bond acceptors (Lipinski definition) is 3. The van der Waals surface area contributed by atoms with Crippen LogP contribution in [0.25, 0.3) is 22.2 Å². The van der Waals surface area contributed by atoms with E-state index >= 15 is 0 Å². The molecule has 0 aliphatic rings. The maximum atomic E-state index is 5.73. The first-order valence-corrected chi connectivity index (χ1v) is 10.5. The largest absolute Gasteiger partial charge is 0.496 e. The van der Waals surface area contributed by atoms with E-state index in [9.17, 15) is 0 Å². The predicted octanol–water partition coefficient (Wildman–Crippen LogP) is 5.41. The molecule has 4 heteroatoms. The molecule has 0 aliphatic heterocycles. The van der Waals surface area contributed by atoms with E-state index in [2.05, 4.69) is 54.6 Å². The van der Waals surface area contributed by atoms with E-state index in [1.165, 1.54) is 32.6 Å². The number of nitrogens with two attached hydrogens (primary N) is 1. The summed E-state index contributed by atoms with van der Waals surface area (Å²) in [7, 11) is 1.74. The minimum absolute atomic E-state index is 0.739. The summed E-state index contributed by atoms with van der Waals surface area (Å²) in [6.07, 6.45) is 6.28. The third kappa shape index (κ3) is 3.62. The average Bonchev–Trinajstić information content (AvgIpc) is 3.06. The molecule has 0 aliphatic carbocycles. The lowest BCUT2D eigenvalue weighted by atomic mass is 9.98. The summed E-state index contributed by atoms with van der Waals surface area (Å²) in [6.45, 7) is 2.95. The normalized spacial score (nSPS) is 11.2. The zero-order valence-corrected chi connectivity index (χ0v) is 16.7. The van der Waals surface area contributed by atoms with Crippen molar-refractivity contribution < 1.29 is 4.74 Å². The third-order valence-corrected chi connectivity index (χ3v) is 5.69. The maximum Gasteiger partial charge on any atom is 0.128 e. The van der Waals surface area contributed by atoms with Crippen molar-refractivity contribution in [1.29, 1.82) is 0 Å². The van der Waals surface area contributed by atoms with E-state index < -0.39 is 0 Å². The fourth-order valence-corrected chi connectivity index (χ4v) is 4.01. The number of hydrogen-bond donors (Lipinski definition) is 2. The number of para-hydroxylation sites is 1. The van der Waals surface area contributed by atoms with Crippen molar-refractivity contribution in [2.24, 2.45) is 5.73 Å². The van der Waals surface area contributed by atoms with Gasteiger partial charge in [0.05, 0.1) is 12.8 Å². The monoisotopic (exact) mass is 368 g/mol. The summed E-state index contributed by atoms with van der Waals surface area (Å²) in [5.74, 6) is 0.910. The van der Waals surface area contributed by atoms with Crippen LogP contribution in [0.3, 0.4) is 0 Å². The Labute approximate surface area is 160 Å². The van der Waals surface area contributed by atoms with Crippen LogP contribution in [0.5, 0.6) is 5.75 Å². The highest BCUT2D eigenvalue weighted by Crippen LogP contribution is 2.39. The molecule has 3 nitrogen and oxygen atoms in total. The van der Waals surface area contributed by atoms with Gasteiger partial charge in [0, 0.05) is 21.4 Å². The zero-order valence-electron chi connectivity index (χ0n) is 15.9. The van der Waals surface area contributed by atoms with E-state index in [4.69, 9.17) is 10.5 Å².